The van der Waals surface area contributed by atoms with Crippen LogP contribution < -0.4 is 0 Å². The third-order valence-electron chi connectivity index (χ3n) is 9.44. The van der Waals surface area contributed by atoms with Crippen molar-refractivity contribution in [2.24, 2.45) is 0 Å². The number of aromatic nitrogens is 5. The molecule has 2 radical (unpaired) electrons. The van der Waals surface area contributed by atoms with E-state index in [0.29, 0.717) is 37.2 Å². The first-order valence-corrected chi connectivity index (χ1v) is 21.2. The van der Waals surface area contributed by atoms with Gasteiger partial charge in [-0.15, -0.1) is 0 Å². The number of rotatable bonds is 12. The number of nitrogens with zero attached hydrogens (tertiary/aromatic N) is 6. The number of H-pyrrole nitrogens is 1. The van der Waals surface area contributed by atoms with Crippen molar-refractivity contribution in [2.45, 2.75) is 76.8 Å². The predicted molar refractivity (Wildman–Crippen MR) is 195 cm³/mol. The van der Waals surface area contributed by atoms with Crippen LogP contribution in [-0.2, 0) is 22.8 Å². The second-order valence-electron chi connectivity index (χ2n) is 14.4. The number of oxazole rings is 1. The van der Waals surface area contributed by atoms with Crippen LogP contribution in [0.15, 0.2) is 77.6 Å². The molecule has 0 bridgehead atoms. The first kappa shape index (κ1) is 34.0. The van der Waals surface area contributed by atoms with E-state index in [0.717, 1.165) is 72.3 Å². The largest absolute Gasteiger partial charge is 0.445 e. The normalized spacial score (nSPS) is 18.3. The summed E-state index contributed by atoms with van der Waals surface area (Å²) in [5.41, 5.74) is 4.40. The fourth-order valence-electron chi connectivity index (χ4n) is 6.58. The molecule has 5 aromatic rings. The molecule has 0 aliphatic carbocycles. The van der Waals surface area contributed by atoms with Gasteiger partial charge in [-0.05, 0) is 49.4 Å². The van der Waals surface area contributed by atoms with E-state index >= 15 is 0 Å². The summed E-state index contributed by atoms with van der Waals surface area (Å²) in [6.45, 7) is 9.70. The van der Waals surface area contributed by atoms with Gasteiger partial charge in [0, 0.05) is 33.0 Å². The van der Waals surface area contributed by atoms with Crippen molar-refractivity contribution in [3.8, 4) is 34.2 Å². The highest BCUT2D eigenvalue weighted by molar-refractivity contribution is 6.76. The number of ether oxygens (including phenoxy) is 2. The van der Waals surface area contributed by atoms with Crippen LogP contribution in [0.2, 0.25) is 25.7 Å². The van der Waals surface area contributed by atoms with Crippen LogP contribution in [-0.4, -0.2) is 76.1 Å². The van der Waals surface area contributed by atoms with Crippen molar-refractivity contribution in [3.05, 3.63) is 90.4 Å². The Balaban J connectivity index is 1.08. The van der Waals surface area contributed by atoms with Gasteiger partial charge in [0.2, 0.25) is 5.89 Å². The van der Waals surface area contributed by atoms with E-state index in [9.17, 15) is 4.79 Å². The maximum absolute atomic E-state index is 13.3. The smallest absolute Gasteiger partial charge is 0.410 e. The average Bonchev–Trinajstić information content (AvgIpc) is 3.96. The van der Waals surface area contributed by atoms with Crippen molar-refractivity contribution in [3.63, 3.8) is 0 Å². The van der Waals surface area contributed by atoms with Crippen LogP contribution in [0.1, 0.15) is 55.0 Å². The number of amides is 1. The van der Waals surface area contributed by atoms with E-state index in [1.165, 1.54) is 0 Å². The number of nitrogens with one attached hydrogen (secondary N) is 1. The molecule has 2 aromatic carbocycles. The molecule has 2 aliphatic rings. The van der Waals surface area contributed by atoms with Crippen molar-refractivity contribution in [1.82, 2.24) is 34.2 Å². The fraction of sp³-hybridized carbons (Fsp3) is 0.405. The van der Waals surface area contributed by atoms with Crippen LogP contribution in [0.3, 0.4) is 0 Å². The minimum atomic E-state index is -1.26. The lowest BCUT2D eigenvalue weighted by Gasteiger charge is -2.24. The Hall–Kier alpha value is -4.46. The molecule has 0 spiro atoms. The molecule has 0 saturated carbocycles. The van der Waals surface area contributed by atoms with Crippen molar-refractivity contribution < 1.29 is 18.7 Å². The predicted octanol–water partition coefficient (Wildman–Crippen LogP) is 7.60. The van der Waals surface area contributed by atoms with Gasteiger partial charge in [0.05, 0.1) is 30.2 Å². The molecule has 13 heteroatoms. The second kappa shape index (κ2) is 14.8. The molecule has 3 aromatic heterocycles. The van der Waals surface area contributed by atoms with Crippen molar-refractivity contribution in [1.29, 1.82) is 0 Å². The average molecular weight is 690 g/mol. The second-order valence-corrected chi connectivity index (χ2v) is 20.0. The van der Waals surface area contributed by atoms with Gasteiger partial charge in [-0.25, -0.2) is 19.7 Å². The van der Waals surface area contributed by atoms with Gasteiger partial charge in [-0.3, -0.25) is 4.90 Å². The molecular formula is C37H44BN7O4Si. The molecule has 2 aliphatic heterocycles. The first-order chi connectivity index (χ1) is 24.2. The Kier molecular flexibility index (Phi) is 10.1. The molecule has 7 rings (SSSR count). The lowest BCUT2D eigenvalue weighted by Crippen LogP contribution is -2.32. The molecule has 2 saturated heterocycles. The van der Waals surface area contributed by atoms with Crippen molar-refractivity contribution >= 4 is 22.1 Å². The van der Waals surface area contributed by atoms with E-state index < -0.39 is 8.07 Å². The number of benzene rings is 2. The monoisotopic (exact) mass is 689 g/mol. The van der Waals surface area contributed by atoms with Gasteiger partial charge >= 0.3 is 6.09 Å². The summed E-state index contributed by atoms with van der Waals surface area (Å²) in [4.78, 5) is 34.6. The van der Waals surface area contributed by atoms with Crippen molar-refractivity contribution in [2.75, 3.05) is 19.7 Å². The quantitative estimate of drug-likeness (QED) is 0.105. The lowest BCUT2D eigenvalue weighted by atomic mass is 10.1. The summed E-state index contributed by atoms with van der Waals surface area (Å²) in [6.07, 6.45) is 8.86. The van der Waals surface area contributed by atoms with Gasteiger partial charge in [-0.1, -0.05) is 74.2 Å². The van der Waals surface area contributed by atoms with Crippen LogP contribution in [0.5, 0.6) is 0 Å². The molecule has 11 nitrogen and oxygen atoms in total. The number of hydrogen-bond acceptors (Lipinski definition) is 8. The molecule has 0 unspecified atom stereocenters. The van der Waals surface area contributed by atoms with E-state index in [4.69, 9.17) is 26.9 Å². The highest BCUT2D eigenvalue weighted by Crippen LogP contribution is 2.35. The SMILES string of the molecule is [B]N1CCC[C@H]1c1ncc(-c2ccc(-c3cnc(-c4cn(COCC[Si](C)(C)C)c([C@@H]5CCCN5C(=O)OCc5ccccc5)n4)o3)cc2)[nH]1. The standard InChI is InChI=1S/C37H44BN7O4Si/c1-50(2,3)20-19-47-25-43-23-30(42-35(43)32-12-7-17-44(32)37(46)48-24-26-9-5-4-6-10-26)36-40-22-33(49-36)28-15-13-27(14-16-28)29-21-39-34(41-29)31-11-8-18-45(31)38/h4-6,9-10,13-16,21-23,31-32H,7-8,11-12,17-20,24-25H2,1-3H3,(H,39,41)/t31-,32-/m0/s1. The number of imidazole rings is 2. The van der Waals surface area contributed by atoms with Gasteiger partial charge in [0.15, 0.2) is 13.7 Å². The maximum atomic E-state index is 13.3. The van der Waals surface area contributed by atoms with Gasteiger partial charge in [-0.2, -0.15) is 0 Å². The van der Waals surface area contributed by atoms with Gasteiger partial charge < -0.3 is 28.3 Å². The minimum absolute atomic E-state index is 0.126. The molecule has 50 heavy (non-hydrogen) atoms. The van der Waals surface area contributed by atoms with E-state index in [1.54, 1.807) is 11.1 Å². The molecule has 2 fully saturated rings. The first-order valence-electron chi connectivity index (χ1n) is 17.5. The number of carbonyl (C=O) groups excluding carboxylic acids is 1. The molecule has 258 valence electrons. The Labute approximate surface area is 295 Å². The van der Waals surface area contributed by atoms with Crippen LogP contribution in [0.4, 0.5) is 4.79 Å². The summed E-state index contributed by atoms with van der Waals surface area (Å²) in [5, 5.41) is 0. The summed E-state index contributed by atoms with van der Waals surface area (Å²) in [6, 6.07) is 18.8. The maximum Gasteiger partial charge on any atom is 0.410 e. The van der Waals surface area contributed by atoms with E-state index in [1.807, 2.05) is 76.4 Å². The third kappa shape index (κ3) is 7.80. The summed E-state index contributed by atoms with van der Waals surface area (Å²) in [5.74, 6) is 2.68. The Morgan fingerprint density at radius 1 is 0.980 bits per heavy atom. The lowest BCUT2D eigenvalue weighted by molar-refractivity contribution is 0.0743. The Morgan fingerprint density at radius 2 is 1.74 bits per heavy atom. The zero-order valence-corrected chi connectivity index (χ0v) is 30.0. The summed E-state index contributed by atoms with van der Waals surface area (Å²) >= 11 is 0. The van der Waals surface area contributed by atoms with Crippen LogP contribution in [0, 0.1) is 0 Å². The number of aromatic amines is 1. The molecule has 1 N–H and O–H groups in total. The number of carbonyl (C=O) groups is 1. The highest BCUT2D eigenvalue weighted by Gasteiger charge is 2.35. The number of hydrogen-bond donors (Lipinski definition) is 1. The molecule has 1 amide bonds. The third-order valence-corrected chi connectivity index (χ3v) is 11.1. The van der Waals surface area contributed by atoms with E-state index in [2.05, 4.69) is 34.6 Å². The topological polar surface area (TPSA) is 115 Å². The molecule has 2 atom stereocenters. The zero-order valence-electron chi connectivity index (χ0n) is 29.0. The highest BCUT2D eigenvalue weighted by atomic mass is 28.3. The summed E-state index contributed by atoms with van der Waals surface area (Å²) in [7, 11) is 4.88. The van der Waals surface area contributed by atoms with Crippen LogP contribution >= 0.6 is 0 Å². The fourth-order valence-corrected chi connectivity index (χ4v) is 7.33. The Morgan fingerprint density at radius 3 is 2.50 bits per heavy atom. The van der Waals surface area contributed by atoms with Gasteiger partial charge in [0.25, 0.3) is 0 Å². The van der Waals surface area contributed by atoms with Crippen LogP contribution in [0.25, 0.3) is 34.2 Å². The minimum Gasteiger partial charge on any atom is -0.445 e. The number of likely N-dealkylation sites (tertiary alicyclic amines) is 1. The molecular weight excluding hydrogens is 645 g/mol. The zero-order chi connectivity index (χ0) is 34.7. The molecule has 5 heterocycles. The summed E-state index contributed by atoms with van der Waals surface area (Å²) < 4.78 is 20.2. The van der Waals surface area contributed by atoms with E-state index in [-0.39, 0.29) is 24.8 Å². The Bertz CT molecular complexity index is 1890. The van der Waals surface area contributed by atoms with Gasteiger partial charge in [0.1, 0.15) is 30.7 Å².